The molecule has 0 N–H and O–H groups in total. The van der Waals surface area contributed by atoms with Gasteiger partial charge in [-0.2, -0.15) is 0 Å². The lowest BCUT2D eigenvalue weighted by Gasteiger charge is -1.98. The molecule has 0 aliphatic rings. The minimum absolute atomic E-state index is 0.598. The predicted molar refractivity (Wildman–Crippen MR) is 54.6 cm³/mol. The Balaban J connectivity index is 2.59. The number of rotatable bonds is 1. The van der Waals surface area contributed by atoms with Crippen LogP contribution in [0.15, 0.2) is 39.7 Å². The van der Waals surface area contributed by atoms with E-state index in [1.165, 1.54) is 0 Å². The quantitative estimate of drug-likeness (QED) is 0.778. The molecule has 2 aromatic rings. The molecule has 66 valence electrons. The summed E-state index contributed by atoms with van der Waals surface area (Å²) in [6, 6.07) is 7.55. The second kappa shape index (κ2) is 3.52. The fourth-order valence-corrected chi connectivity index (χ4v) is 1.72. The van der Waals surface area contributed by atoms with E-state index in [9.17, 15) is 0 Å². The zero-order chi connectivity index (χ0) is 9.26. The molecule has 1 aromatic heterocycles. The van der Waals surface area contributed by atoms with Crippen LogP contribution in [0.1, 0.15) is 0 Å². The maximum atomic E-state index is 6.00. The summed E-state index contributed by atoms with van der Waals surface area (Å²) in [6.45, 7) is 0. The highest BCUT2D eigenvalue weighted by Gasteiger charge is 2.09. The Kier molecular flexibility index (Phi) is 2.38. The molecular weight excluding hydrogens is 253 g/mol. The van der Waals surface area contributed by atoms with E-state index >= 15 is 0 Å². The summed E-state index contributed by atoms with van der Waals surface area (Å²) in [5.41, 5.74) is 1.78. The van der Waals surface area contributed by atoms with Crippen LogP contribution < -0.4 is 0 Å². The van der Waals surface area contributed by atoms with Crippen LogP contribution in [-0.2, 0) is 0 Å². The maximum absolute atomic E-state index is 6.00. The first-order chi connectivity index (χ1) is 6.29. The van der Waals surface area contributed by atoms with E-state index in [0.717, 1.165) is 11.1 Å². The SMILES string of the molecule is Clc1ccccc1-c1cnoc1Br. The summed E-state index contributed by atoms with van der Waals surface area (Å²) in [6.07, 6.45) is 1.63. The number of halogens is 2. The van der Waals surface area contributed by atoms with Crippen molar-refractivity contribution in [3.8, 4) is 11.1 Å². The molecule has 0 spiro atoms. The van der Waals surface area contributed by atoms with Crippen molar-refractivity contribution in [2.24, 2.45) is 0 Å². The van der Waals surface area contributed by atoms with Gasteiger partial charge in [-0.05, 0) is 22.0 Å². The molecule has 2 rings (SSSR count). The predicted octanol–water partition coefficient (Wildman–Crippen LogP) is 3.76. The average Bonchev–Trinajstić information content (AvgIpc) is 2.52. The third kappa shape index (κ3) is 1.62. The molecule has 13 heavy (non-hydrogen) atoms. The van der Waals surface area contributed by atoms with E-state index in [1.54, 1.807) is 6.20 Å². The van der Waals surface area contributed by atoms with Crippen LogP contribution in [0.2, 0.25) is 5.02 Å². The summed E-state index contributed by atoms with van der Waals surface area (Å²) in [4.78, 5) is 0. The second-order valence-electron chi connectivity index (χ2n) is 2.49. The van der Waals surface area contributed by atoms with Crippen molar-refractivity contribution in [3.63, 3.8) is 0 Å². The van der Waals surface area contributed by atoms with Gasteiger partial charge >= 0.3 is 0 Å². The minimum Gasteiger partial charge on any atom is -0.349 e. The molecule has 2 nitrogen and oxygen atoms in total. The van der Waals surface area contributed by atoms with Gasteiger partial charge in [0, 0.05) is 10.6 Å². The van der Waals surface area contributed by atoms with Crippen LogP contribution in [-0.4, -0.2) is 5.16 Å². The van der Waals surface area contributed by atoms with Crippen molar-refractivity contribution in [3.05, 3.63) is 40.2 Å². The molecule has 0 saturated carbocycles. The zero-order valence-electron chi connectivity index (χ0n) is 6.50. The average molecular weight is 259 g/mol. The maximum Gasteiger partial charge on any atom is 0.209 e. The van der Waals surface area contributed by atoms with Crippen LogP contribution in [0, 0.1) is 0 Å². The van der Waals surface area contributed by atoms with Crippen LogP contribution in [0.5, 0.6) is 0 Å². The summed E-state index contributed by atoms with van der Waals surface area (Å²) in [7, 11) is 0. The summed E-state index contributed by atoms with van der Waals surface area (Å²) >= 11 is 9.25. The molecule has 0 saturated heterocycles. The zero-order valence-corrected chi connectivity index (χ0v) is 8.84. The molecule has 0 fully saturated rings. The lowest BCUT2D eigenvalue weighted by atomic mass is 10.1. The standard InChI is InChI=1S/C9H5BrClNO/c10-9-7(5-12-13-9)6-3-1-2-4-8(6)11/h1-5H. The van der Waals surface area contributed by atoms with Crippen molar-refractivity contribution >= 4 is 27.5 Å². The lowest BCUT2D eigenvalue weighted by Crippen LogP contribution is -1.75. The molecule has 0 atom stereocenters. The van der Waals surface area contributed by atoms with E-state index in [1.807, 2.05) is 24.3 Å². The molecular formula is C9H5BrClNO. The van der Waals surface area contributed by atoms with E-state index in [0.29, 0.717) is 9.69 Å². The van der Waals surface area contributed by atoms with Crippen molar-refractivity contribution in [2.45, 2.75) is 0 Å². The Morgan fingerprint density at radius 1 is 1.23 bits per heavy atom. The van der Waals surface area contributed by atoms with Gasteiger partial charge in [0.2, 0.25) is 4.67 Å². The topological polar surface area (TPSA) is 26.0 Å². The lowest BCUT2D eigenvalue weighted by molar-refractivity contribution is 0.400. The third-order valence-corrected chi connectivity index (χ3v) is 2.59. The number of hydrogen-bond donors (Lipinski definition) is 0. The highest BCUT2D eigenvalue weighted by Crippen LogP contribution is 2.32. The van der Waals surface area contributed by atoms with Gasteiger partial charge in [0.25, 0.3) is 0 Å². The molecule has 0 amide bonds. The first kappa shape index (κ1) is 8.78. The second-order valence-corrected chi connectivity index (χ2v) is 3.62. The third-order valence-electron chi connectivity index (χ3n) is 1.69. The van der Waals surface area contributed by atoms with Crippen molar-refractivity contribution in [1.29, 1.82) is 0 Å². The molecule has 0 aliphatic carbocycles. The smallest absolute Gasteiger partial charge is 0.209 e. The Morgan fingerprint density at radius 2 is 2.00 bits per heavy atom. The van der Waals surface area contributed by atoms with Crippen LogP contribution in [0.3, 0.4) is 0 Å². The largest absolute Gasteiger partial charge is 0.349 e. The van der Waals surface area contributed by atoms with Gasteiger partial charge in [-0.1, -0.05) is 35.0 Å². The van der Waals surface area contributed by atoms with Gasteiger partial charge in [-0.25, -0.2) is 0 Å². The highest BCUT2D eigenvalue weighted by molar-refractivity contribution is 9.10. The molecule has 0 radical (unpaired) electrons. The van der Waals surface area contributed by atoms with Crippen LogP contribution in [0.4, 0.5) is 0 Å². The van der Waals surface area contributed by atoms with Gasteiger partial charge in [-0.15, -0.1) is 0 Å². The van der Waals surface area contributed by atoms with Crippen LogP contribution >= 0.6 is 27.5 Å². The van der Waals surface area contributed by atoms with E-state index in [4.69, 9.17) is 16.1 Å². The van der Waals surface area contributed by atoms with Crippen molar-refractivity contribution < 1.29 is 4.52 Å². The molecule has 0 aliphatic heterocycles. The number of benzene rings is 1. The Labute approximate surface area is 88.6 Å². The van der Waals surface area contributed by atoms with Gasteiger partial charge in [0.1, 0.15) is 0 Å². The Bertz CT molecular complexity index is 427. The molecule has 0 bridgehead atoms. The normalized spacial score (nSPS) is 10.3. The fourth-order valence-electron chi connectivity index (χ4n) is 1.08. The monoisotopic (exact) mass is 257 g/mol. The van der Waals surface area contributed by atoms with Gasteiger partial charge < -0.3 is 4.52 Å². The molecule has 1 aromatic carbocycles. The highest BCUT2D eigenvalue weighted by atomic mass is 79.9. The summed E-state index contributed by atoms with van der Waals surface area (Å²) in [5, 5.41) is 4.35. The van der Waals surface area contributed by atoms with E-state index < -0.39 is 0 Å². The van der Waals surface area contributed by atoms with Crippen molar-refractivity contribution in [2.75, 3.05) is 0 Å². The van der Waals surface area contributed by atoms with E-state index in [2.05, 4.69) is 21.1 Å². The van der Waals surface area contributed by atoms with E-state index in [-0.39, 0.29) is 0 Å². The first-order valence-corrected chi connectivity index (χ1v) is 4.81. The Hall–Kier alpha value is -0.800. The fraction of sp³-hybridized carbons (Fsp3) is 0. The first-order valence-electron chi connectivity index (χ1n) is 3.64. The van der Waals surface area contributed by atoms with Gasteiger partial charge in [0.05, 0.1) is 11.8 Å². The Morgan fingerprint density at radius 3 is 2.62 bits per heavy atom. The summed E-state index contributed by atoms with van der Waals surface area (Å²) in [5.74, 6) is 0. The summed E-state index contributed by atoms with van der Waals surface area (Å²) < 4.78 is 5.48. The molecule has 4 heteroatoms. The molecule has 0 unspecified atom stereocenters. The number of hydrogen-bond acceptors (Lipinski definition) is 2. The number of aromatic nitrogens is 1. The van der Waals surface area contributed by atoms with Crippen LogP contribution in [0.25, 0.3) is 11.1 Å². The number of nitrogens with zero attached hydrogens (tertiary/aromatic N) is 1. The van der Waals surface area contributed by atoms with Gasteiger partial charge in [0.15, 0.2) is 0 Å². The molecule has 1 heterocycles. The van der Waals surface area contributed by atoms with Gasteiger partial charge in [-0.3, -0.25) is 0 Å². The minimum atomic E-state index is 0.598. The van der Waals surface area contributed by atoms with Crippen molar-refractivity contribution in [1.82, 2.24) is 5.16 Å².